The second-order valence-electron chi connectivity index (χ2n) is 12.8. The monoisotopic (exact) mass is 740 g/mol. The molecule has 0 spiro atoms. The first-order valence-electron chi connectivity index (χ1n) is 16.9. The van der Waals surface area contributed by atoms with Gasteiger partial charge in [-0.05, 0) is 77.9 Å². The highest BCUT2D eigenvalue weighted by molar-refractivity contribution is 7.89. The van der Waals surface area contributed by atoms with Crippen LogP contribution in [0.15, 0.2) is 58.2 Å². The number of nitrogens with zero attached hydrogens (tertiary/aromatic N) is 2. The molecule has 1 fully saturated rings. The fourth-order valence-electron chi connectivity index (χ4n) is 6.78. The fraction of sp³-hybridized carbons (Fsp3) is 0.432. The lowest BCUT2D eigenvalue weighted by atomic mass is 9.95. The van der Waals surface area contributed by atoms with Crippen LogP contribution in [0, 0.1) is 5.92 Å². The van der Waals surface area contributed by atoms with Crippen molar-refractivity contribution in [1.29, 1.82) is 0 Å². The van der Waals surface area contributed by atoms with Crippen LogP contribution < -0.4 is 30.3 Å². The summed E-state index contributed by atoms with van der Waals surface area (Å²) in [6.45, 7) is 5.99. The maximum Gasteiger partial charge on any atom is 0.245 e. The van der Waals surface area contributed by atoms with Crippen molar-refractivity contribution >= 4 is 39.1 Å². The first-order valence-corrected chi connectivity index (χ1v) is 18.7. The maximum atomic E-state index is 14.1. The summed E-state index contributed by atoms with van der Waals surface area (Å²) in [6, 6.07) is 11.6. The van der Waals surface area contributed by atoms with Crippen LogP contribution in [-0.2, 0) is 26.0 Å². The SMILES string of the molecule is CCC(C)C(Nc1ccc2c(cc1=O)C(NC(C)=O)CCc1cc(OC)c(OC)c(OC)c1-2)C(=O)N1CCN(S(=O)(=O)c2ccc(Cl)cc2)CC1. The predicted molar refractivity (Wildman–Crippen MR) is 196 cm³/mol. The molecule has 14 heteroatoms. The van der Waals surface area contributed by atoms with Crippen molar-refractivity contribution in [2.24, 2.45) is 5.92 Å². The second-order valence-corrected chi connectivity index (χ2v) is 15.2. The molecule has 1 heterocycles. The molecule has 274 valence electrons. The molecule has 1 aliphatic heterocycles. The van der Waals surface area contributed by atoms with Gasteiger partial charge in [0.2, 0.25) is 33.0 Å². The minimum atomic E-state index is -3.76. The smallest absolute Gasteiger partial charge is 0.245 e. The molecule has 0 bridgehead atoms. The third-order valence-electron chi connectivity index (χ3n) is 9.71. The number of hydrogen-bond acceptors (Lipinski definition) is 9. The van der Waals surface area contributed by atoms with Crippen molar-refractivity contribution in [1.82, 2.24) is 14.5 Å². The Balaban J connectivity index is 1.49. The van der Waals surface area contributed by atoms with E-state index in [0.29, 0.717) is 52.7 Å². The number of aryl methyl sites for hydroxylation is 1. The highest BCUT2D eigenvalue weighted by Crippen LogP contribution is 2.50. The van der Waals surface area contributed by atoms with Gasteiger partial charge < -0.3 is 29.7 Å². The summed E-state index contributed by atoms with van der Waals surface area (Å²) in [6.07, 6.45) is 1.72. The largest absolute Gasteiger partial charge is 0.493 e. The molecule has 1 aliphatic carbocycles. The van der Waals surface area contributed by atoms with Crippen LogP contribution in [0.4, 0.5) is 5.69 Å². The average molecular weight is 741 g/mol. The van der Waals surface area contributed by atoms with Crippen LogP contribution in [0.5, 0.6) is 17.2 Å². The zero-order valence-corrected chi connectivity index (χ0v) is 31.3. The molecule has 12 nitrogen and oxygen atoms in total. The normalized spacial score (nSPS) is 17.2. The van der Waals surface area contributed by atoms with E-state index in [0.717, 1.165) is 11.1 Å². The van der Waals surface area contributed by atoms with Crippen molar-refractivity contribution in [3.8, 4) is 28.4 Å². The molecule has 3 aromatic carbocycles. The average Bonchev–Trinajstić information content (AvgIpc) is 3.37. The molecule has 2 aliphatic rings. The Morgan fingerprint density at radius 2 is 1.63 bits per heavy atom. The number of carbonyl (C=O) groups is 2. The molecule has 1 saturated heterocycles. The van der Waals surface area contributed by atoms with Crippen LogP contribution in [0.1, 0.15) is 50.8 Å². The van der Waals surface area contributed by atoms with Crippen molar-refractivity contribution in [2.75, 3.05) is 52.8 Å². The minimum Gasteiger partial charge on any atom is -0.493 e. The lowest BCUT2D eigenvalue weighted by Gasteiger charge is -2.37. The molecular weight excluding hydrogens is 696 g/mol. The third kappa shape index (κ3) is 7.80. The van der Waals surface area contributed by atoms with Crippen LogP contribution in [0.2, 0.25) is 5.02 Å². The Morgan fingerprint density at radius 1 is 0.961 bits per heavy atom. The standard InChI is InChI=1S/C37H45ClN4O8S/c1-7-22(2)34(37(45)41-16-18-42(19-17-41)51(46,47)26-11-9-25(38)10-12-26)40-30-15-13-27-28(21-31(30)44)29(39-23(3)43)14-8-24-20-32(48-4)35(49-5)36(50-6)33(24)27/h9-13,15,20-22,29,34H,7-8,14,16-19H2,1-6H3,(H,39,43)(H,40,44). The lowest BCUT2D eigenvalue weighted by Crippen LogP contribution is -2.55. The molecule has 5 rings (SSSR count). The molecule has 0 saturated carbocycles. The molecule has 3 unspecified atom stereocenters. The lowest BCUT2D eigenvalue weighted by molar-refractivity contribution is -0.134. The number of sulfonamides is 1. The van der Waals surface area contributed by atoms with Crippen LogP contribution in [-0.4, -0.2) is 83.0 Å². The van der Waals surface area contributed by atoms with E-state index < -0.39 is 22.1 Å². The zero-order valence-electron chi connectivity index (χ0n) is 29.7. The van der Waals surface area contributed by atoms with E-state index in [1.165, 1.54) is 55.8 Å². The molecule has 3 atom stereocenters. The Morgan fingerprint density at radius 3 is 2.22 bits per heavy atom. The first kappa shape index (κ1) is 37.9. The number of anilines is 1. The highest BCUT2D eigenvalue weighted by Gasteiger charge is 2.35. The summed E-state index contributed by atoms with van der Waals surface area (Å²) in [7, 11) is 0.856. The Labute approximate surface area is 304 Å². The van der Waals surface area contributed by atoms with Crippen molar-refractivity contribution in [2.45, 2.75) is 57.0 Å². The quantitative estimate of drug-likeness (QED) is 0.281. The van der Waals surface area contributed by atoms with E-state index in [2.05, 4.69) is 10.6 Å². The number of benzene rings is 2. The van der Waals surface area contributed by atoms with E-state index in [1.54, 1.807) is 18.1 Å². The molecular formula is C37H45ClN4O8S. The molecule has 0 aromatic heterocycles. The number of rotatable bonds is 11. The molecule has 3 aromatic rings. The first-order chi connectivity index (χ1) is 24.3. The number of carbonyl (C=O) groups excluding carboxylic acids is 2. The Bertz CT molecular complexity index is 1950. The number of ether oxygens (including phenoxy) is 3. The van der Waals surface area contributed by atoms with Gasteiger partial charge in [-0.3, -0.25) is 14.4 Å². The number of piperazine rings is 1. The number of nitrogens with one attached hydrogen (secondary N) is 2. The zero-order chi connectivity index (χ0) is 37.0. The van der Waals surface area contributed by atoms with Crippen LogP contribution in [0.3, 0.4) is 0 Å². The van der Waals surface area contributed by atoms with Gasteiger partial charge in [0.15, 0.2) is 11.5 Å². The van der Waals surface area contributed by atoms with Gasteiger partial charge in [-0.2, -0.15) is 4.31 Å². The van der Waals surface area contributed by atoms with Crippen molar-refractivity contribution < 1.29 is 32.2 Å². The van der Waals surface area contributed by atoms with E-state index in [9.17, 15) is 22.8 Å². The maximum absolute atomic E-state index is 14.1. The summed E-state index contributed by atoms with van der Waals surface area (Å²) in [5.41, 5.74) is 2.77. The predicted octanol–water partition coefficient (Wildman–Crippen LogP) is 4.88. The summed E-state index contributed by atoms with van der Waals surface area (Å²) in [4.78, 5) is 42.3. The summed E-state index contributed by atoms with van der Waals surface area (Å²) in [5.74, 6) is 0.715. The van der Waals surface area contributed by atoms with Crippen LogP contribution >= 0.6 is 11.6 Å². The number of fused-ring (bicyclic) bond motifs is 3. The Hall–Kier alpha value is -4.33. The number of halogens is 1. The van der Waals surface area contributed by atoms with E-state index in [4.69, 9.17) is 25.8 Å². The molecule has 51 heavy (non-hydrogen) atoms. The number of hydrogen-bond donors (Lipinski definition) is 2. The van der Waals surface area contributed by atoms with Crippen molar-refractivity contribution in [3.05, 3.63) is 74.9 Å². The van der Waals surface area contributed by atoms with E-state index >= 15 is 0 Å². The fourth-order valence-corrected chi connectivity index (χ4v) is 8.33. The topological polar surface area (TPSA) is 144 Å². The van der Waals surface area contributed by atoms with Crippen LogP contribution in [0.25, 0.3) is 11.1 Å². The van der Waals surface area contributed by atoms with E-state index in [1.807, 2.05) is 26.0 Å². The van der Waals surface area contributed by atoms with Gasteiger partial charge in [0.05, 0.1) is 38.0 Å². The number of methoxy groups -OCH3 is 3. The highest BCUT2D eigenvalue weighted by atomic mass is 35.5. The summed E-state index contributed by atoms with van der Waals surface area (Å²) >= 11 is 5.95. The van der Waals surface area contributed by atoms with Gasteiger partial charge >= 0.3 is 0 Å². The third-order valence-corrected chi connectivity index (χ3v) is 11.9. The molecule has 0 radical (unpaired) electrons. The van der Waals surface area contributed by atoms with Gasteiger partial charge in [0, 0.05) is 43.7 Å². The van der Waals surface area contributed by atoms with E-state index in [-0.39, 0.29) is 59.9 Å². The second kappa shape index (κ2) is 15.9. The molecule has 2 amide bonds. The summed E-state index contributed by atoms with van der Waals surface area (Å²) in [5, 5.41) is 6.71. The molecule has 2 N–H and O–H groups in total. The van der Waals surface area contributed by atoms with Gasteiger partial charge in [-0.25, -0.2) is 8.42 Å². The number of amides is 2. The van der Waals surface area contributed by atoms with Gasteiger partial charge in [0.1, 0.15) is 6.04 Å². The minimum absolute atomic E-state index is 0.129. The Kier molecular flexibility index (Phi) is 11.8. The van der Waals surface area contributed by atoms with Crippen molar-refractivity contribution in [3.63, 3.8) is 0 Å². The van der Waals surface area contributed by atoms with Gasteiger partial charge in [0.25, 0.3) is 0 Å². The van der Waals surface area contributed by atoms with Gasteiger partial charge in [-0.1, -0.05) is 37.9 Å². The van der Waals surface area contributed by atoms with Gasteiger partial charge in [-0.15, -0.1) is 0 Å². The summed E-state index contributed by atoms with van der Waals surface area (Å²) < 4.78 is 45.1.